The van der Waals surface area contributed by atoms with Crippen molar-refractivity contribution in [2.45, 2.75) is 32.2 Å². The van der Waals surface area contributed by atoms with Crippen LogP contribution in [0.3, 0.4) is 0 Å². The van der Waals surface area contributed by atoms with Gasteiger partial charge < -0.3 is 5.32 Å². The number of hydrogen-bond donors (Lipinski definition) is 1. The van der Waals surface area contributed by atoms with Crippen molar-refractivity contribution in [3.63, 3.8) is 0 Å². The Bertz CT molecular complexity index is 498. The molecule has 1 N–H and O–H groups in total. The third-order valence-electron chi connectivity index (χ3n) is 2.81. The smallest absolute Gasteiger partial charge is 0.242 e. The molecule has 0 aromatic heterocycles. The SMILES string of the molecule is CCNCc1cccc(S(=O)(=O)N(C)CC(C)C)c1. The van der Waals surface area contributed by atoms with E-state index >= 15 is 0 Å². The van der Waals surface area contributed by atoms with Gasteiger partial charge in [-0.1, -0.05) is 32.9 Å². The lowest BCUT2D eigenvalue weighted by molar-refractivity contribution is 0.417. The Morgan fingerprint density at radius 3 is 2.58 bits per heavy atom. The summed E-state index contributed by atoms with van der Waals surface area (Å²) < 4.78 is 26.2. The molecule has 0 bridgehead atoms. The van der Waals surface area contributed by atoms with E-state index in [0.29, 0.717) is 23.9 Å². The second-order valence-electron chi connectivity index (χ2n) is 5.11. The van der Waals surface area contributed by atoms with Crippen molar-refractivity contribution in [1.82, 2.24) is 9.62 Å². The number of benzene rings is 1. The van der Waals surface area contributed by atoms with Gasteiger partial charge in [-0.05, 0) is 30.2 Å². The number of sulfonamides is 1. The lowest BCUT2D eigenvalue weighted by atomic mass is 10.2. The average Bonchev–Trinajstić information content (AvgIpc) is 2.35. The predicted octanol–water partition coefficient (Wildman–Crippen LogP) is 2.07. The zero-order valence-electron chi connectivity index (χ0n) is 12.2. The minimum Gasteiger partial charge on any atom is -0.313 e. The van der Waals surface area contributed by atoms with Crippen molar-refractivity contribution in [3.05, 3.63) is 29.8 Å². The molecule has 0 saturated carbocycles. The van der Waals surface area contributed by atoms with Gasteiger partial charge >= 0.3 is 0 Å². The van der Waals surface area contributed by atoms with Gasteiger partial charge in [0.1, 0.15) is 0 Å². The van der Waals surface area contributed by atoms with Crippen LogP contribution >= 0.6 is 0 Å². The minimum atomic E-state index is -3.38. The largest absolute Gasteiger partial charge is 0.313 e. The quantitative estimate of drug-likeness (QED) is 0.834. The lowest BCUT2D eigenvalue weighted by Crippen LogP contribution is -2.30. The fraction of sp³-hybridized carbons (Fsp3) is 0.571. The number of hydrogen-bond acceptors (Lipinski definition) is 3. The Balaban J connectivity index is 2.94. The molecule has 0 unspecified atom stereocenters. The number of nitrogens with one attached hydrogen (secondary N) is 1. The van der Waals surface area contributed by atoms with E-state index in [9.17, 15) is 8.42 Å². The summed E-state index contributed by atoms with van der Waals surface area (Å²) in [6, 6.07) is 7.13. The Labute approximate surface area is 116 Å². The maximum atomic E-state index is 12.4. The van der Waals surface area contributed by atoms with E-state index in [4.69, 9.17) is 0 Å². The van der Waals surface area contributed by atoms with Crippen LogP contribution in [0, 0.1) is 5.92 Å². The van der Waals surface area contributed by atoms with Crippen LogP contribution in [0.15, 0.2) is 29.2 Å². The molecule has 108 valence electrons. The standard InChI is InChI=1S/C14H24N2O2S/c1-5-15-10-13-7-6-8-14(9-13)19(17,18)16(4)11-12(2)3/h6-9,12,15H,5,10-11H2,1-4H3. The molecule has 0 aliphatic heterocycles. The fourth-order valence-electron chi connectivity index (χ4n) is 1.88. The molecule has 4 nitrogen and oxygen atoms in total. The maximum absolute atomic E-state index is 12.4. The zero-order chi connectivity index (χ0) is 14.5. The van der Waals surface area contributed by atoms with Gasteiger partial charge in [0.05, 0.1) is 4.90 Å². The molecule has 0 saturated heterocycles. The molecule has 0 heterocycles. The molecule has 0 aliphatic carbocycles. The van der Waals surface area contributed by atoms with E-state index in [0.717, 1.165) is 12.1 Å². The highest BCUT2D eigenvalue weighted by Gasteiger charge is 2.21. The van der Waals surface area contributed by atoms with Gasteiger partial charge in [0, 0.05) is 20.1 Å². The molecule has 1 rings (SSSR count). The van der Waals surface area contributed by atoms with E-state index in [1.807, 2.05) is 26.8 Å². The van der Waals surface area contributed by atoms with Crippen LogP contribution in [-0.4, -0.2) is 32.9 Å². The summed E-state index contributed by atoms with van der Waals surface area (Å²) in [5, 5.41) is 3.20. The summed E-state index contributed by atoms with van der Waals surface area (Å²) in [7, 11) is -1.74. The summed E-state index contributed by atoms with van der Waals surface area (Å²) in [5.41, 5.74) is 0.987. The van der Waals surface area contributed by atoms with E-state index in [-0.39, 0.29) is 0 Å². The van der Waals surface area contributed by atoms with Crippen LogP contribution < -0.4 is 5.32 Å². The molecule has 19 heavy (non-hydrogen) atoms. The van der Waals surface area contributed by atoms with E-state index in [1.54, 1.807) is 25.2 Å². The predicted molar refractivity (Wildman–Crippen MR) is 78.5 cm³/mol. The normalized spacial score (nSPS) is 12.3. The van der Waals surface area contributed by atoms with Gasteiger partial charge in [-0.25, -0.2) is 12.7 Å². The highest BCUT2D eigenvalue weighted by molar-refractivity contribution is 7.89. The van der Waals surface area contributed by atoms with Crippen molar-refractivity contribution in [2.24, 2.45) is 5.92 Å². The van der Waals surface area contributed by atoms with Crippen molar-refractivity contribution < 1.29 is 8.42 Å². The third-order valence-corrected chi connectivity index (χ3v) is 4.63. The first-order chi connectivity index (χ1) is 8.87. The zero-order valence-corrected chi connectivity index (χ0v) is 13.0. The van der Waals surface area contributed by atoms with Crippen molar-refractivity contribution in [1.29, 1.82) is 0 Å². The van der Waals surface area contributed by atoms with Crippen LogP contribution in [0.25, 0.3) is 0 Å². The highest BCUT2D eigenvalue weighted by atomic mass is 32.2. The molecular weight excluding hydrogens is 260 g/mol. The number of rotatable bonds is 7. The Hall–Kier alpha value is -0.910. The topological polar surface area (TPSA) is 49.4 Å². The molecule has 5 heteroatoms. The van der Waals surface area contributed by atoms with Gasteiger partial charge in [-0.3, -0.25) is 0 Å². The van der Waals surface area contributed by atoms with E-state index in [1.165, 1.54) is 4.31 Å². The summed E-state index contributed by atoms with van der Waals surface area (Å²) in [4.78, 5) is 0.367. The molecule has 0 atom stereocenters. The molecule has 0 amide bonds. The van der Waals surface area contributed by atoms with Crippen LogP contribution in [0.2, 0.25) is 0 Å². The maximum Gasteiger partial charge on any atom is 0.242 e. The second kappa shape index (κ2) is 7.03. The first-order valence-electron chi connectivity index (χ1n) is 6.64. The molecule has 0 aliphatic rings. The molecular formula is C14H24N2O2S. The minimum absolute atomic E-state index is 0.310. The Morgan fingerprint density at radius 2 is 2.00 bits per heavy atom. The molecule has 0 fully saturated rings. The van der Waals surface area contributed by atoms with Crippen LogP contribution in [0.5, 0.6) is 0 Å². The van der Waals surface area contributed by atoms with E-state index < -0.39 is 10.0 Å². The van der Waals surface area contributed by atoms with Gasteiger partial charge in [0.25, 0.3) is 0 Å². The third kappa shape index (κ3) is 4.60. The molecule has 1 aromatic carbocycles. The van der Waals surface area contributed by atoms with Crippen LogP contribution in [-0.2, 0) is 16.6 Å². The highest BCUT2D eigenvalue weighted by Crippen LogP contribution is 2.17. The fourth-order valence-corrected chi connectivity index (χ4v) is 3.28. The monoisotopic (exact) mass is 284 g/mol. The second-order valence-corrected chi connectivity index (χ2v) is 7.15. The first-order valence-corrected chi connectivity index (χ1v) is 8.08. The van der Waals surface area contributed by atoms with Gasteiger partial charge in [-0.2, -0.15) is 0 Å². The average molecular weight is 284 g/mol. The van der Waals surface area contributed by atoms with Gasteiger partial charge in [0.2, 0.25) is 10.0 Å². The summed E-state index contributed by atoms with van der Waals surface area (Å²) in [6.45, 7) is 8.12. The lowest BCUT2D eigenvalue weighted by Gasteiger charge is -2.19. The van der Waals surface area contributed by atoms with E-state index in [2.05, 4.69) is 5.32 Å². The summed E-state index contributed by atoms with van der Waals surface area (Å²) in [6.07, 6.45) is 0. The molecule has 0 spiro atoms. The Kier molecular flexibility index (Phi) is 5.97. The van der Waals surface area contributed by atoms with Gasteiger partial charge in [-0.15, -0.1) is 0 Å². The Morgan fingerprint density at radius 1 is 1.32 bits per heavy atom. The van der Waals surface area contributed by atoms with Crippen molar-refractivity contribution in [3.8, 4) is 0 Å². The first kappa shape index (κ1) is 16.1. The molecule has 0 radical (unpaired) electrons. The molecule has 1 aromatic rings. The van der Waals surface area contributed by atoms with Crippen molar-refractivity contribution in [2.75, 3.05) is 20.1 Å². The van der Waals surface area contributed by atoms with Crippen molar-refractivity contribution >= 4 is 10.0 Å². The van der Waals surface area contributed by atoms with Crippen LogP contribution in [0.1, 0.15) is 26.3 Å². The van der Waals surface area contributed by atoms with Crippen LogP contribution in [0.4, 0.5) is 0 Å². The van der Waals surface area contributed by atoms with Gasteiger partial charge in [0.15, 0.2) is 0 Å². The number of nitrogens with zero attached hydrogens (tertiary/aromatic N) is 1. The summed E-state index contributed by atoms with van der Waals surface area (Å²) >= 11 is 0. The summed E-state index contributed by atoms with van der Waals surface area (Å²) in [5.74, 6) is 0.310.